The molecule has 0 radical (unpaired) electrons. The Kier molecular flexibility index (Phi) is 4.34. The van der Waals surface area contributed by atoms with Gasteiger partial charge in [-0.25, -0.2) is 18.1 Å². The molecule has 6 nitrogen and oxygen atoms in total. The van der Waals surface area contributed by atoms with Crippen LogP contribution >= 0.6 is 11.3 Å². The molecule has 1 heterocycles. The van der Waals surface area contributed by atoms with Gasteiger partial charge in [0.15, 0.2) is 0 Å². The van der Waals surface area contributed by atoms with Crippen molar-refractivity contribution in [2.45, 2.75) is 11.3 Å². The van der Waals surface area contributed by atoms with Crippen LogP contribution in [0.25, 0.3) is 0 Å². The summed E-state index contributed by atoms with van der Waals surface area (Å²) in [6.07, 6.45) is 0.513. The van der Waals surface area contributed by atoms with Gasteiger partial charge in [0, 0.05) is 18.3 Å². The molecule has 2 aromatic rings. The minimum atomic E-state index is -3.68. The minimum absolute atomic E-state index is 0.0187. The monoisotopic (exact) mass is 308 g/mol. The van der Waals surface area contributed by atoms with Gasteiger partial charge in [0.2, 0.25) is 10.0 Å². The van der Waals surface area contributed by atoms with Crippen molar-refractivity contribution >= 4 is 27.0 Å². The normalized spacial score (nSPS) is 11.2. The first kappa shape index (κ1) is 14.5. The summed E-state index contributed by atoms with van der Waals surface area (Å²) in [5, 5.41) is 10.6. The molecule has 1 aromatic heterocycles. The highest BCUT2D eigenvalue weighted by molar-refractivity contribution is 7.89. The number of sulfonamides is 1. The van der Waals surface area contributed by atoms with Gasteiger partial charge in [-0.3, -0.25) is 0 Å². The molecule has 1 aromatic carbocycles. The van der Waals surface area contributed by atoms with Gasteiger partial charge in [-0.05, 0) is 18.2 Å². The van der Waals surface area contributed by atoms with Gasteiger partial charge in [0.05, 0.1) is 28.5 Å². The number of benzene rings is 1. The number of nitrogens with two attached hydrogens (primary N) is 1. The Labute approximate surface area is 120 Å². The number of hydrogen-bond donors (Lipinski definition) is 2. The standard InChI is InChI=1S/C12H12N4O2S2/c13-6-9-1-2-12(11(14)5-9)20(17,18)16-4-3-10-7-19-8-15-10/h1-2,5,7-8,16H,3-4,14H2. The lowest BCUT2D eigenvalue weighted by Crippen LogP contribution is -2.26. The van der Waals surface area contributed by atoms with Crippen LogP contribution in [0.2, 0.25) is 0 Å². The third-order valence-corrected chi connectivity index (χ3v) is 4.76. The average molecular weight is 308 g/mol. The first-order valence-electron chi connectivity index (χ1n) is 5.69. The van der Waals surface area contributed by atoms with E-state index in [0.29, 0.717) is 12.0 Å². The fourth-order valence-corrected chi connectivity index (χ4v) is 3.35. The number of aromatic nitrogens is 1. The third-order valence-electron chi connectivity index (χ3n) is 2.59. The van der Waals surface area contributed by atoms with E-state index < -0.39 is 10.0 Å². The maximum absolute atomic E-state index is 12.1. The highest BCUT2D eigenvalue weighted by Crippen LogP contribution is 2.19. The van der Waals surface area contributed by atoms with Crippen molar-refractivity contribution in [3.8, 4) is 6.07 Å². The van der Waals surface area contributed by atoms with Gasteiger partial charge in [-0.1, -0.05) is 0 Å². The van der Waals surface area contributed by atoms with Crippen LogP contribution in [-0.4, -0.2) is 19.9 Å². The molecular formula is C12H12N4O2S2. The Hall–Kier alpha value is -1.95. The lowest BCUT2D eigenvalue weighted by Gasteiger charge is -2.08. The van der Waals surface area contributed by atoms with Crippen LogP contribution in [0.4, 0.5) is 5.69 Å². The molecule has 0 saturated carbocycles. The van der Waals surface area contributed by atoms with E-state index in [0.717, 1.165) is 5.69 Å². The summed E-state index contributed by atoms with van der Waals surface area (Å²) < 4.78 is 26.6. The van der Waals surface area contributed by atoms with Crippen molar-refractivity contribution in [3.63, 3.8) is 0 Å². The van der Waals surface area contributed by atoms with Crippen LogP contribution in [0.1, 0.15) is 11.3 Å². The fraction of sp³-hybridized carbons (Fsp3) is 0.167. The lowest BCUT2D eigenvalue weighted by atomic mass is 10.2. The minimum Gasteiger partial charge on any atom is -0.398 e. The SMILES string of the molecule is N#Cc1ccc(S(=O)(=O)NCCc2cscn2)c(N)c1. The third kappa shape index (κ3) is 3.33. The second-order valence-electron chi connectivity index (χ2n) is 3.99. The van der Waals surface area contributed by atoms with Crippen molar-refractivity contribution in [3.05, 3.63) is 40.3 Å². The molecule has 104 valence electrons. The van der Waals surface area contributed by atoms with E-state index in [1.165, 1.54) is 29.5 Å². The highest BCUT2D eigenvalue weighted by Gasteiger charge is 2.17. The van der Waals surface area contributed by atoms with E-state index in [9.17, 15) is 8.42 Å². The fourth-order valence-electron chi connectivity index (χ4n) is 1.61. The largest absolute Gasteiger partial charge is 0.398 e. The average Bonchev–Trinajstić information content (AvgIpc) is 2.91. The molecule has 20 heavy (non-hydrogen) atoms. The summed E-state index contributed by atoms with van der Waals surface area (Å²) in [6, 6.07) is 6.00. The molecule has 0 atom stereocenters. The first-order valence-corrected chi connectivity index (χ1v) is 8.12. The van der Waals surface area contributed by atoms with Crippen LogP contribution in [0.5, 0.6) is 0 Å². The van der Waals surface area contributed by atoms with Gasteiger partial charge in [-0.15, -0.1) is 11.3 Å². The molecule has 0 fully saturated rings. The van der Waals surface area contributed by atoms with E-state index in [1.54, 1.807) is 5.51 Å². The number of nitrogen functional groups attached to an aromatic ring is 1. The zero-order valence-corrected chi connectivity index (χ0v) is 12.0. The number of thiazole rings is 1. The van der Waals surface area contributed by atoms with E-state index in [2.05, 4.69) is 9.71 Å². The molecular weight excluding hydrogens is 296 g/mol. The molecule has 0 aliphatic carbocycles. The zero-order valence-electron chi connectivity index (χ0n) is 10.4. The second-order valence-corrected chi connectivity index (χ2v) is 6.45. The van der Waals surface area contributed by atoms with Crippen molar-refractivity contribution in [1.82, 2.24) is 9.71 Å². The summed E-state index contributed by atoms with van der Waals surface area (Å²) in [5.74, 6) is 0. The smallest absolute Gasteiger partial charge is 0.242 e. The Morgan fingerprint density at radius 3 is 2.85 bits per heavy atom. The summed E-state index contributed by atoms with van der Waals surface area (Å²) in [7, 11) is -3.68. The van der Waals surface area contributed by atoms with Crippen LogP contribution in [0.15, 0.2) is 34.0 Å². The van der Waals surface area contributed by atoms with Crippen molar-refractivity contribution in [2.24, 2.45) is 0 Å². The van der Waals surface area contributed by atoms with Crippen LogP contribution in [-0.2, 0) is 16.4 Å². The predicted octanol–water partition coefficient (Wildman–Crippen LogP) is 1.12. The maximum atomic E-state index is 12.1. The molecule has 0 amide bonds. The van der Waals surface area contributed by atoms with Crippen molar-refractivity contribution in [2.75, 3.05) is 12.3 Å². The summed E-state index contributed by atoms with van der Waals surface area (Å²) in [5.41, 5.74) is 8.59. The molecule has 0 saturated heterocycles. The molecule has 0 unspecified atom stereocenters. The molecule has 0 spiro atoms. The number of anilines is 1. The Morgan fingerprint density at radius 2 is 2.25 bits per heavy atom. The Bertz CT molecular complexity index is 733. The van der Waals surface area contributed by atoms with E-state index >= 15 is 0 Å². The van der Waals surface area contributed by atoms with E-state index in [4.69, 9.17) is 11.0 Å². The summed E-state index contributed by atoms with van der Waals surface area (Å²) in [4.78, 5) is 4.05. The van der Waals surface area contributed by atoms with Gasteiger partial charge < -0.3 is 5.73 Å². The molecule has 0 aliphatic heterocycles. The predicted molar refractivity (Wildman–Crippen MR) is 76.6 cm³/mol. The highest BCUT2D eigenvalue weighted by atomic mass is 32.2. The lowest BCUT2D eigenvalue weighted by molar-refractivity contribution is 0.582. The van der Waals surface area contributed by atoms with Crippen LogP contribution in [0, 0.1) is 11.3 Å². The van der Waals surface area contributed by atoms with Gasteiger partial charge in [-0.2, -0.15) is 5.26 Å². The zero-order chi connectivity index (χ0) is 14.6. The topological polar surface area (TPSA) is 109 Å². The summed E-state index contributed by atoms with van der Waals surface area (Å²) >= 11 is 1.46. The summed E-state index contributed by atoms with van der Waals surface area (Å²) in [6.45, 7) is 0.242. The van der Waals surface area contributed by atoms with E-state index in [-0.39, 0.29) is 17.1 Å². The van der Waals surface area contributed by atoms with Gasteiger partial charge in [0.25, 0.3) is 0 Å². The quantitative estimate of drug-likeness (QED) is 0.804. The molecule has 0 aliphatic rings. The van der Waals surface area contributed by atoms with E-state index in [1.807, 2.05) is 11.4 Å². The number of nitrogens with zero attached hydrogens (tertiary/aromatic N) is 2. The number of nitriles is 1. The van der Waals surface area contributed by atoms with Gasteiger partial charge in [0.1, 0.15) is 4.90 Å². The number of nitrogens with one attached hydrogen (secondary N) is 1. The molecule has 0 bridgehead atoms. The molecule has 8 heteroatoms. The van der Waals surface area contributed by atoms with Crippen molar-refractivity contribution in [1.29, 1.82) is 5.26 Å². The molecule has 3 N–H and O–H groups in total. The van der Waals surface area contributed by atoms with Crippen molar-refractivity contribution < 1.29 is 8.42 Å². The molecule has 2 rings (SSSR count). The number of rotatable bonds is 5. The second kappa shape index (κ2) is 6.00. The van der Waals surface area contributed by atoms with Gasteiger partial charge >= 0.3 is 0 Å². The first-order chi connectivity index (χ1) is 9.53. The van der Waals surface area contributed by atoms with Crippen LogP contribution < -0.4 is 10.5 Å². The maximum Gasteiger partial charge on any atom is 0.242 e. The Balaban J connectivity index is 2.08. The number of hydrogen-bond acceptors (Lipinski definition) is 6. The van der Waals surface area contributed by atoms with Crippen LogP contribution in [0.3, 0.4) is 0 Å². The Morgan fingerprint density at radius 1 is 1.45 bits per heavy atom.